The van der Waals surface area contributed by atoms with E-state index in [1.807, 2.05) is 49.4 Å². The summed E-state index contributed by atoms with van der Waals surface area (Å²) in [7, 11) is -4.11. The van der Waals surface area contributed by atoms with Gasteiger partial charge in [0.2, 0.25) is 0 Å². The smallest absolute Gasteiger partial charge is 0.286 e. The Morgan fingerprint density at radius 1 is 1.16 bits per heavy atom. The average Bonchev–Trinajstić information content (AvgIpc) is 2.37. The number of nitrogens with one attached hydrogen (secondary N) is 1. The largest absolute Gasteiger partial charge is 0.367 e. The Bertz CT molecular complexity index is 662. The van der Waals surface area contributed by atoms with Gasteiger partial charge in [0.25, 0.3) is 10.1 Å². The summed E-state index contributed by atoms with van der Waals surface area (Å²) < 4.78 is 32.0. The Labute approximate surface area is 113 Å². The zero-order chi connectivity index (χ0) is 13.9. The van der Waals surface area contributed by atoms with E-state index in [2.05, 4.69) is 5.32 Å². The van der Waals surface area contributed by atoms with Crippen molar-refractivity contribution in [2.75, 3.05) is 5.32 Å². The maximum absolute atomic E-state index is 11.4. The van der Waals surface area contributed by atoms with E-state index in [1.54, 1.807) is 0 Å². The Morgan fingerprint density at radius 3 is 2.53 bits per heavy atom. The maximum Gasteiger partial charge on any atom is 0.286 e. The van der Waals surface area contributed by atoms with Crippen molar-refractivity contribution in [1.29, 1.82) is 0 Å². The fourth-order valence-corrected chi connectivity index (χ4v) is 2.89. The molecule has 0 aliphatic heterocycles. The van der Waals surface area contributed by atoms with Gasteiger partial charge in [0, 0.05) is 11.1 Å². The highest BCUT2D eigenvalue weighted by Crippen LogP contribution is 2.25. The van der Waals surface area contributed by atoms with Crippen LogP contribution in [0.2, 0.25) is 0 Å². The molecule has 0 radical (unpaired) electrons. The van der Waals surface area contributed by atoms with Gasteiger partial charge in [0.15, 0.2) is 5.37 Å². The van der Waals surface area contributed by atoms with Crippen molar-refractivity contribution in [3.63, 3.8) is 0 Å². The van der Waals surface area contributed by atoms with E-state index in [-0.39, 0.29) is 0 Å². The molecule has 1 unspecified atom stereocenters. The molecule has 0 aliphatic rings. The van der Waals surface area contributed by atoms with Gasteiger partial charge < -0.3 is 5.32 Å². The van der Waals surface area contributed by atoms with Crippen molar-refractivity contribution in [3.05, 3.63) is 42.5 Å². The van der Waals surface area contributed by atoms with Crippen LogP contribution in [0.25, 0.3) is 10.8 Å². The zero-order valence-corrected chi connectivity index (χ0v) is 11.5. The summed E-state index contributed by atoms with van der Waals surface area (Å²) in [6.45, 7) is 1.88. The fourth-order valence-electron chi connectivity index (χ4n) is 2.08. The van der Waals surface area contributed by atoms with Crippen molar-refractivity contribution >= 4 is 26.6 Å². The van der Waals surface area contributed by atoms with Gasteiger partial charge in [-0.05, 0) is 17.9 Å². The van der Waals surface area contributed by atoms with Crippen molar-refractivity contribution in [2.45, 2.75) is 25.1 Å². The van der Waals surface area contributed by atoms with E-state index < -0.39 is 15.5 Å². The van der Waals surface area contributed by atoms with E-state index in [0.717, 1.165) is 10.8 Å². The zero-order valence-electron chi connectivity index (χ0n) is 10.7. The summed E-state index contributed by atoms with van der Waals surface area (Å²) in [6, 6.07) is 13.3. The molecule has 0 aromatic heterocycles. The number of hydrogen-bond donors (Lipinski definition) is 2. The fraction of sp³-hybridized carbons (Fsp3) is 0.286. The molecule has 1 atom stereocenters. The lowest BCUT2D eigenvalue weighted by atomic mass is 10.1. The quantitative estimate of drug-likeness (QED) is 0.824. The molecule has 0 bridgehead atoms. The van der Waals surface area contributed by atoms with Crippen molar-refractivity contribution < 1.29 is 13.0 Å². The molecule has 0 aliphatic carbocycles. The summed E-state index contributed by atoms with van der Waals surface area (Å²) in [5, 5.41) is 3.92. The van der Waals surface area contributed by atoms with Crippen molar-refractivity contribution in [2.24, 2.45) is 0 Å². The molecule has 0 saturated heterocycles. The van der Waals surface area contributed by atoms with Gasteiger partial charge in [0.1, 0.15) is 0 Å². The van der Waals surface area contributed by atoms with Gasteiger partial charge in [-0.15, -0.1) is 0 Å². The van der Waals surface area contributed by atoms with Crippen LogP contribution in [0, 0.1) is 0 Å². The number of benzene rings is 2. The summed E-state index contributed by atoms with van der Waals surface area (Å²) in [5.41, 5.74) is 0.717. The first-order chi connectivity index (χ1) is 9.02. The number of hydrogen-bond acceptors (Lipinski definition) is 3. The highest BCUT2D eigenvalue weighted by Gasteiger charge is 2.22. The summed E-state index contributed by atoms with van der Waals surface area (Å²) >= 11 is 0. The molecule has 0 fully saturated rings. The molecule has 102 valence electrons. The third kappa shape index (κ3) is 3.24. The lowest BCUT2D eigenvalue weighted by Gasteiger charge is -2.17. The first-order valence-electron chi connectivity index (χ1n) is 6.23. The highest BCUT2D eigenvalue weighted by atomic mass is 32.2. The minimum atomic E-state index is -4.11. The summed E-state index contributed by atoms with van der Waals surface area (Å²) in [6.07, 6.45) is 1.03. The molecule has 2 aromatic carbocycles. The summed E-state index contributed by atoms with van der Waals surface area (Å²) in [5.74, 6) is 0. The number of rotatable bonds is 5. The standard InChI is InChI=1S/C14H17NO3S/c1-2-6-14(19(16,17)18)15-13-10-5-8-11-7-3-4-9-12(11)13/h3-5,7-10,14-15H,2,6H2,1H3,(H,16,17,18). The lowest BCUT2D eigenvalue weighted by molar-refractivity contribution is 0.467. The van der Waals surface area contributed by atoms with Crippen LogP contribution in [0.3, 0.4) is 0 Å². The maximum atomic E-state index is 11.4. The lowest BCUT2D eigenvalue weighted by Crippen LogP contribution is -2.29. The van der Waals surface area contributed by atoms with Gasteiger partial charge >= 0.3 is 0 Å². The van der Waals surface area contributed by atoms with Crippen LogP contribution >= 0.6 is 0 Å². The third-order valence-electron chi connectivity index (χ3n) is 3.02. The van der Waals surface area contributed by atoms with Gasteiger partial charge in [-0.2, -0.15) is 8.42 Å². The second-order valence-electron chi connectivity index (χ2n) is 4.46. The minimum absolute atomic E-state index is 0.363. The van der Waals surface area contributed by atoms with Crippen LogP contribution in [0.1, 0.15) is 19.8 Å². The van der Waals surface area contributed by atoms with Crippen molar-refractivity contribution in [3.8, 4) is 0 Å². The van der Waals surface area contributed by atoms with Crippen LogP contribution in [0.15, 0.2) is 42.5 Å². The number of anilines is 1. The molecule has 19 heavy (non-hydrogen) atoms. The minimum Gasteiger partial charge on any atom is -0.367 e. The SMILES string of the molecule is CCCC(Nc1cccc2ccccc12)S(=O)(=O)O. The molecule has 0 saturated carbocycles. The molecule has 0 amide bonds. The first-order valence-corrected chi connectivity index (χ1v) is 7.73. The predicted molar refractivity (Wildman–Crippen MR) is 77.8 cm³/mol. The van der Waals surface area contributed by atoms with E-state index in [1.165, 1.54) is 0 Å². The first kappa shape index (κ1) is 13.8. The van der Waals surface area contributed by atoms with Gasteiger partial charge in [-0.3, -0.25) is 4.55 Å². The third-order valence-corrected chi connectivity index (χ3v) is 4.09. The van der Waals surface area contributed by atoms with Gasteiger partial charge in [-0.25, -0.2) is 0 Å². The highest BCUT2D eigenvalue weighted by molar-refractivity contribution is 7.86. The molecular formula is C14H17NO3S. The average molecular weight is 279 g/mol. The molecule has 2 rings (SSSR count). The topological polar surface area (TPSA) is 66.4 Å². The van der Waals surface area contributed by atoms with E-state index in [9.17, 15) is 13.0 Å². The van der Waals surface area contributed by atoms with Crippen LogP contribution in [0.5, 0.6) is 0 Å². The molecule has 0 heterocycles. The Hall–Kier alpha value is -1.59. The molecule has 5 heteroatoms. The van der Waals surface area contributed by atoms with Crippen LogP contribution < -0.4 is 5.32 Å². The Kier molecular flexibility index (Phi) is 4.07. The predicted octanol–water partition coefficient (Wildman–Crippen LogP) is 3.27. The van der Waals surface area contributed by atoms with E-state index in [4.69, 9.17) is 0 Å². The Morgan fingerprint density at radius 2 is 1.84 bits per heavy atom. The van der Waals surface area contributed by atoms with Crippen LogP contribution in [-0.2, 0) is 10.1 Å². The molecular weight excluding hydrogens is 262 g/mol. The second kappa shape index (κ2) is 5.59. The van der Waals surface area contributed by atoms with Gasteiger partial charge in [0.05, 0.1) is 0 Å². The van der Waals surface area contributed by atoms with Crippen LogP contribution in [0.4, 0.5) is 5.69 Å². The second-order valence-corrected chi connectivity index (χ2v) is 6.06. The van der Waals surface area contributed by atoms with E-state index in [0.29, 0.717) is 18.5 Å². The molecule has 0 spiro atoms. The Balaban J connectivity index is 2.39. The summed E-state index contributed by atoms with van der Waals surface area (Å²) in [4.78, 5) is 0. The molecule has 2 aromatic rings. The number of fused-ring (bicyclic) bond motifs is 1. The van der Waals surface area contributed by atoms with Gasteiger partial charge in [-0.1, -0.05) is 49.7 Å². The van der Waals surface area contributed by atoms with Crippen molar-refractivity contribution in [1.82, 2.24) is 0 Å². The molecule has 2 N–H and O–H groups in total. The monoisotopic (exact) mass is 279 g/mol. The normalized spacial score (nSPS) is 13.4. The molecule has 4 nitrogen and oxygen atoms in total. The van der Waals surface area contributed by atoms with Crippen LogP contribution in [-0.4, -0.2) is 18.3 Å². The van der Waals surface area contributed by atoms with E-state index >= 15 is 0 Å².